The van der Waals surface area contributed by atoms with Gasteiger partial charge in [0.1, 0.15) is 0 Å². The maximum atomic E-state index is 10.1. The van der Waals surface area contributed by atoms with Crippen molar-refractivity contribution in [1.82, 2.24) is 0 Å². The molecule has 0 aromatic carbocycles. The molecule has 0 aromatic heterocycles. The molecule has 0 aliphatic carbocycles. The zero-order valence-corrected chi connectivity index (χ0v) is 6.82. The first-order valence-corrected chi connectivity index (χ1v) is 3.93. The van der Waals surface area contributed by atoms with E-state index in [0.717, 1.165) is 19.3 Å². The van der Waals surface area contributed by atoms with E-state index in [2.05, 4.69) is 0 Å². The topological polar surface area (TPSA) is 63.4 Å². The molecule has 1 atom stereocenters. The van der Waals surface area contributed by atoms with Crippen LogP contribution in [0.2, 0.25) is 0 Å². The van der Waals surface area contributed by atoms with Crippen molar-refractivity contribution < 1.29 is 10.0 Å². The molecule has 0 saturated heterocycles. The van der Waals surface area contributed by atoms with Gasteiger partial charge in [-0.3, -0.25) is 10.1 Å². The molecule has 11 heavy (non-hydrogen) atoms. The molecule has 4 nitrogen and oxygen atoms in total. The van der Waals surface area contributed by atoms with Crippen molar-refractivity contribution >= 4 is 0 Å². The quantitative estimate of drug-likeness (QED) is 0.361. The largest absolute Gasteiger partial charge is 0.396 e. The fourth-order valence-corrected chi connectivity index (χ4v) is 0.834. The van der Waals surface area contributed by atoms with Crippen molar-refractivity contribution in [2.75, 3.05) is 6.61 Å². The standard InChI is InChI=1S/C7H15NO3/c1-7(8(10)11)5-3-2-4-6-9/h7,9H,2-6H2,1H3. The number of aliphatic hydroxyl groups excluding tert-OH is 1. The number of nitro groups is 1. The second-order valence-corrected chi connectivity index (χ2v) is 2.71. The maximum Gasteiger partial charge on any atom is 0.210 e. The number of rotatable bonds is 6. The summed E-state index contributed by atoms with van der Waals surface area (Å²) < 4.78 is 0. The molecule has 0 spiro atoms. The van der Waals surface area contributed by atoms with Gasteiger partial charge in [0, 0.05) is 24.9 Å². The Bertz CT molecular complexity index is 116. The smallest absolute Gasteiger partial charge is 0.210 e. The third-order valence-electron chi connectivity index (χ3n) is 1.64. The average Bonchev–Trinajstić information content (AvgIpc) is 1.97. The summed E-state index contributed by atoms with van der Waals surface area (Å²) in [5.74, 6) is 0. The van der Waals surface area contributed by atoms with Crippen LogP contribution in [-0.2, 0) is 0 Å². The summed E-state index contributed by atoms with van der Waals surface area (Å²) in [6, 6.07) is -0.436. The first kappa shape index (κ1) is 10.4. The summed E-state index contributed by atoms with van der Waals surface area (Å²) in [4.78, 5) is 9.85. The van der Waals surface area contributed by atoms with Crippen LogP contribution in [-0.4, -0.2) is 22.7 Å². The van der Waals surface area contributed by atoms with E-state index in [9.17, 15) is 10.1 Å². The Balaban J connectivity index is 3.17. The van der Waals surface area contributed by atoms with Gasteiger partial charge in [-0.2, -0.15) is 0 Å². The Morgan fingerprint density at radius 3 is 2.55 bits per heavy atom. The molecule has 66 valence electrons. The lowest BCUT2D eigenvalue weighted by atomic mass is 10.1. The van der Waals surface area contributed by atoms with Crippen LogP contribution in [0.15, 0.2) is 0 Å². The van der Waals surface area contributed by atoms with E-state index in [0.29, 0.717) is 6.42 Å². The molecule has 0 aliphatic heterocycles. The molecule has 0 heterocycles. The van der Waals surface area contributed by atoms with Crippen molar-refractivity contribution in [1.29, 1.82) is 0 Å². The molecule has 0 aliphatic rings. The van der Waals surface area contributed by atoms with Gasteiger partial charge in [-0.25, -0.2) is 0 Å². The third kappa shape index (κ3) is 5.79. The number of nitrogens with zero attached hydrogens (tertiary/aromatic N) is 1. The van der Waals surface area contributed by atoms with E-state index in [1.54, 1.807) is 6.92 Å². The molecule has 0 bridgehead atoms. The highest BCUT2D eigenvalue weighted by molar-refractivity contribution is 4.49. The molecule has 0 radical (unpaired) electrons. The van der Waals surface area contributed by atoms with Gasteiger partial charge in [0.25, 0.3) is 0 Å². The monoisotopic (exact) mass is 161 g/mol. The fraction of sp³-hybridized carbons (Fsp3) is 1.00. The van der Waals surface area contributed by atoms with Gasteiger partial charge in [0.15, 0.2) is 0 Å². The highest BCUT2D eigenvalue weighted by atomic mass is 16.6. The predicted molar refractivity (Wildman–Crippen MR) is 42.0 cm³/mol. The number of unbranched alkanes of at least 4 members (excludes halogenated alkanes) is 2. The second-order valence-electron chi connectivity index (χ2n) is 2.71. The van der Waals surface area contributed by atoms with Crippen LogP contribution in [0.5, 0.6) is 0 Å². The minimum absolute atomic E-state index is 0.187. The SMILES string of the molecule is CC(CCCCCO)[N+](=O)[O-]. The Morgan fingerprint density at radius 2 is 2.09 bits per heavy atom. The van der Waals surface area contributed by atoms with Crippen LogP contribution >= 0.6 is 0 Å². The van der Waals surface area contributed by atoms with Gasteiger partial charge in [-0.05, 0) is 12.8 Å². The van der Waals surface area contributed by atoms with Gasteiger partial charge in [0.2, 0.25) is 6.04 Å². The second kappa shape index (κ2) is 6.09. The molecule has 4 heteroatoms. The normalized spacial score (nSPS) is 12.9. The molecule has 0 amide bonds. The first-order valence-electron chi connectivity index (χ1n) is 3.93. The van der Waals surface area contributed by atoms with Crippen molar-refractivity contribution in [3.05, 3.63) is 10.1 Å². The van der Waals surface area contributed by atoms with Gasteiger partial charge in [0.05, 0.1) is 0 Å². The Hall–Kier alpha value is -0.640. The molecule has 1 N–H and O–H groups in total. The Morgan fingerprint density at radius 1 is 1.45 bits per heavy atom. The Labute approximate surface area is 66.4 Å². The molecular weight excluding hydrogens is 146 g/mol. The summed E-state index contributed by atoms with van der Waals surface area (Å²) >= 11 is 0. The minimum Gasteiger partial charge on any atom is -0.396 e. The average molecular weight is 161 g/mol. The van der Waals surface area contributed by atoms with Crippen LogP contribution < -0.4 is 0 Å². The molecule has 0 saturated carbocycles. The zero-order valence-electron chi connectivity index (χ0n) is 6.82. The fourth-order valence-electron chi connectivity index (χ4n) is 0.834. The van der Waals surface area contributed by atoms with E-state index < -0.39 is 6.04 Å². The summed E-state index contributed by atoms with van der Waals surface area (Å²) in [5, 5.41) is 18.5. The summed E-state index contributed by atoms with van der Waals surface area (Å²) in [5.41, 5.74) is 0. The summed E-state index contributed by atoms with van der Waals surface area (Å²) in [6.07, 6.45) is 3.09. The molecule has 1 unspecified atom stereocenters. The van der Waals surface area contributed by atoms with Crippen LogP contribution in [0.4, 0.5) is 0 Å². The highest BCUT2D eigenvalue weighted by Gasteiger charge is 2.10. The summed E-state index contributed by atoms with van der Waals surface area (Å²) in [6.45, 7) is 1.80. The van der Waals surface area contributed by atoms with Crippen molar-refractivity contribution in [2.45, 2.75) is 38.6 Å². The number of aliphatic hydroxyl groups is 1. The van der Waals surface area contributed by atoms with Gasteiger partial charge < -0.3 is 5.11 Å². The van der Waals surface area contributed by atoms with E-state index in [-0.39, 0.29) is 11.5 Å². The van der Waals surface area contributed by atoms with E-state index in [1.807, 2.05) is 0 Å². The van der Waals surface area contributed by atoms with E-state index in [1.165, 1.54) is 0 Å². The zero-order chi connectivity index (χ0) is 8.69. The van der Waals surface area contributed by atoms with Crippen molar-refractivity contribution in [3.8, 4) is 0 Å². The van der Waals surface area contributed by atoms with Gasteiger partial charge in [-0.1, -0.05) is 6.42 Å². The third-order valence-corrected chi connectivity index (χ3v) is 1.64. The molecular formula is C7H15NO3. The molecule has 0 rings (SSSR count). The lowest BCUT2D eigenvalue weighted by Crippen LogP contribution is -2.14. The Kier molecular flexibility index (Phi) is 5.74. The van der Waals surface area contributed by atoms with Gasteiger partial charge in [-0.15, -0.1) is 0 Å². The first-order chi connectivity index (χ1) is 5.18. The minimum atomic E-state index is -0.436. The molecule has 0 fully saturated rings. The van der Waals surface area contributed by atoms with E-state index >= 15 is 0 Å². The number of hydrogen-bond donors (Lipinski definition) is 1. The lowest BCUT2D eigenvalue weighted by molar-refractivity contribution is -0.519. The van der Waals surface area contributed by atoms with Crippen LogP contribution in [0.3, 0.4) is 0 Å². The maximum absolute atomic E-state index is 10.1. The predicted octanol–water partition coefficient (Wildman–Crippen LogP) is 1.20. The highest BCUT2D eigenvalue weighted by Crippen LogP contribution is 2.04. The van der Waals surface area contributed by atoms with Crippen molar-refractivity contribution in [3.63, 3.8) is 0 Å². The summed E-state index contributed by atoms with van der Waals surface area (Å²) in [7, 11) is 0. The van der Waals surface area contributed by atoms with Crippen LogP contribution in [0.1, 0.15) is 32.6 Å². The van der Waals surface area contributed by atoms with Gasteiger partial charge >= 0.3 is 0 Å². The van der Waals surface area contributed by atoms with Crippen LogP contribution in [0, 0.1) is 10.1 Å². The lowest BCUT2D eigenvalue weighted by Gasteiger charge is -2.01. The molecule has 0 aromatic rings. The van der Waals surface area contributed by atoms with E-state index in [4.69, 9.17) is 5.11 Å². The number of hydrogen-bond acceptors (Lipinski definition) is 3. The van der Waals surface area contributed by atoms with Crippen LogP contribution in [0.25, 0.3) is 0 Å². The van der Waals surface area contributed by atoms with Crippen molar-refractivity contribution in [2.24, 2.45) is 0 Å².